The highest BCUT2D eigenvalue weighted by molar-refractivity contribution is 4.77. The Balaban J connectivity index is 2.09. The average molecular weight is 268 g/mol. The van der Waals surface area contributed by atoms with Crippen LogP contribution in [0, 0.1) is 11.8 Å². The van der Waals surface area contributed by atoms with E-state index in [1.54, 1.807) is 0 Å². The molecular formula is C18H37N. The number of unbranched alkanes of at least 4 members (excludes halogenated alkanes) is 5. The lowest BCUT2D eigenvalue weighted by molar-refractivity contribution is 0.213. The fraction of sp³-hybridized carbons (Fsp3) is 1.00. The van der Waals surface area contributed by atoms with Crippen molar-refractivity contribution < 1.29 is 0 Å². The third kappa shape index (κ3) is 7.97. The van der Waals surface area contributed by atoms with Gasteiger partial charge < -0.3 is 5.32 Å². The van der Waals surface area contributed by atoms with Crippen molar-refractivity contribution in [2.24, 2.45) is 11.8 Å². The molecule has 0 aromatic heterocycles. The molecule has 1 aliphatic carbocycles. The van der Waals surface area contributed by atoms with Crippen LogP contribution in [0.1, 0.15) is 90.9 Å². The largest absolute Gasteiger partial charge is 0.316 e. The zero-order valence-electron chi connectivity index (χ0n) is 13.6. The Morgan fingerprint density at radius 2 is 1.47 bits per heavy atom. The van der Waals surface area contributed by atoms with Crippen LogP contribution >= 0.6 is 0 Å². The highest BCUT2D eigenvalue weighted by atomic mass is 14.9. The number of rotatable bonds is 11. The summed E-state index contributed by atoms with van der Waals surface area (Å²) in [5.74, 6) is 2.01. The van der Waals surface area contributed by atoms with Crippen LogP contribution in [0.4, 0.5) is 0 Å². The van der Waals surface area contributed by atoms with E-state index < -0.39 is 0 Å². The van der Waals surface area contributed by atoms with E-state index in [-0.39, 0.29) is 0 Å². The Morgan fingerprint density at radius 1 is 0.789 bits per heavy atom. The molecule has 2 atom stereocenters. The van der Waals surface area contributed by atoms with Gasteiger partial charge in [0.15, 0.2) is 0 Å². The minimum absolute atomic E-state index is 0.982. The van der Waals surface area contributed by atoms with Gasteiger partial charge in [0.05, 0.1) is 0 Å². The second kappa shape index (κ2) is 11.8. The minimum Gasteiger partial charge on any atom is -0.316 e. The predicted octanol–water partition coefficient (Wildman–Crippen LogP) is 5.54. The van der Waals surface area contributed by atoms with Gasteiger partial charge in [0.25, 0.3) is 0 Å². The van der Waals surface area contributed by atoms with Crippen molar-refractivity contribution in [3.05, 3.63) is 0 Å². The first-order valence-corrected chi connectivity index (χ1v) is 9.09. The SMILES string of the molecule is CCCCCCCCC1CCCCC1CNCCC. The summed E-state index contributed by atoms with van der Waals surface area (Å²) >= 11 is 0. The lowest BCUT2D eigenvalue weighted by Crippen LogP contribution is -2.31. The quantitative estimate of drug-likeness (QED) is 0.484. The molecule has 114 valence electrons. The number of hydrogen-bond acceptors (Lipinski definition) is 1. The van der Waals surface area contributed by atoms with Crippen LogP contribution in [0.25, 0.3) is 0 Å². The summed E-state index contributed by atoms with van der Waals surface area (Å²) in [4.78, 5) is 0. The van der Waals surface area contributed by atoms with Gasteiger partial charge in [-0.15, -0.1) is 0 Å². The Kier molecular flexibility index (Phi) is 10.5. The first-order valence-electron chi connectivity index (χ1n) is 9.09. The van der Waals surface area contributed by atoms with Crippen LogP contribution in [0.3, 0.4) is 0 Å². The van der Waals surface area contributed by atoms with Crippen molar-refractivity contribution in [3.8, 4) is 0 Å². The molecule has 0 saturated heterocycles. The van der Waals surface area contributed by atoms with E-state index in [4.69, 9.17) is 0 Å². The molecular weight excluding hydrogens is 230 g/mol. The summed E-state index contributed by atoms with van der Waals surface area (Å²) in [6.07, 6.45) is 17.4. The van der Waals surface area contributed by atoms with Crippen LogP contribution in [-0.4, -0.2) is 13.1 Å². The van der Waals surface area contributed by atoms with Crippen molar-refractivity contribution in [2.45, 2.75) is 90.9 Å². The third-order valence-electron chi connectivity index (χ3n) is 4.83. The van der Waals surface area contributed by atoms with E-state index in [1.807, 2.05) is 0 Å². The lowest BCUT2D eigenvalue weighted by atomic mass is 9.76. The molecule has 0 radical (unpaired) electrons. The summed E-state index contributed by atoms with van der Waals surface area (Å²) in [6.45, 7) is 7.06. The number of hydrogen-bond donors (Lipinski definition) is 1. The zero-order chi connectivity index (χ0) is 13.8. The Hall–Kier alpha value is -0.0400. The van der Waals surface area contributed by atoms with Gasteiger partial charge in [0.2, 0.25) is 0 Å². The molecule has 1 rings (SSSR count). The summed E-state index contributed by atoms with van der Waals surface area (Å²) < 4.78 is 0. The van der Waals surface area contributed by atoms with E-state index in [0.29, 0.717) is 0 Å². The fourth-order valence-electron chi connectivity index (χ4n) is 3.58. The highest BCUT2D eigenvalue weighted by Gasteiger charge is 2.23. The molecule has 1 heteroatoms. The van der Waals surface area contributed by atoms with Crippen LogP contribution in [-0.2, 0) is 0 Å². The first kappa shape index (κ1) is 17.0. The maximum Gasteiger partial charge on any atom is -0.00179 e. The monoisotopic (exact) mass is 267 g/mol. The van der Waals surface area contributed by atoms with Gasteiger partial charge in [-0.3, -0.25) is 0 Å². The smallest absolute Gasteiger partial charge is 0.00179 e. The lowest BCUT2D eigenvalue weighted by Gasteiger charge is -2.32. The summed E-state index contributed by atoms with van der Waals surface area (Å²) in [5, 5.41) is 3.65. The molecule has 0 aliphatic heterocycles. The molecule has 2 unspecified atom stereocenters. The molecule has 0 bridgehead atoms. The Labute approximate surface area is 121 Å². The van der Waals surface area contributed by atoms with Crippen LogP contribution in [0.15, 0.2) is 0 Å². The van der Waals surface area contributed by atoms with Gasteiger partial charge in [-0.1, -0.05) is 78.1 Å². The van der Waals surface area contributed by atoms with E-state index in [2.05, 4.69) is 19.2 Å². The van der Waals surface area contributed by atoms with Gasteiger partial charge in [0, 0.05) is 0 Å². The van der Waals surface area contributed by atoms with Gasteiger partial charge >= 0.3 is 0 Å². The van der Waals surface area contributed by atoms with Crippen molar-refractivity contribution in [3.63, 3.8) is 0 Å². The second-order valence-electron chi connectivity index (χ2n) is 6.57. The maximum absolute atomic E-state index is 3.65. The fourth-order valence-corrected chi connectivity index (χ4v) is 3.58. The molecule has 1 N–H and O–H groups in total. The molecule has 0 spiro atoms. The molecule has 1 fully saturated rings. The van der Waals surface area contributed by atoms with Gasteiger partial charge in [-0.05, 0) is 37.8 Å². The molecule has 0 heterocycles. The zero-order valence-corrected chi connectivity index (χ0v) is 13.6. The van der Waals surface area contributed by atoms with Crippen LogP contribution < -0.4 is 5.32 Å². The average Bonchev–Trinajstić information content (AvgIpc) is 2.44. The standard InChI is InChI=1S/C18H37N/c1-3-5-6-7-8-9-12-17-13-10-11-14-18(17)16-19-15-4-2/h17-19H,3-16H2,1-2H3. The van der Waals surface area contributed by atoms with E-state index in [0.717, 1.165) is 11.8 Å². The topological polar surface area (TPSA) is 12.0 Å². The van der Waals surface area contributed by atoms with Crippen molar-refractivity contribution >= 4 is 0 Å². The Bertz CT molecular complexity index is 190. The Morgan fingerprint density at radius 3 is 2.21 bits per heavy atom. The molecule has 1 nitrogen and oxygen atoms in total. The highest BCUT2D eigenvalue weighted by Crippen LogP contribution is 2.33. The van der Waals surface area contributed by atoms with Crippen molar-refractivity contribution in [2.75, 3.05) is 13.1 Å². The van der Waals surface area contributed by atoms with Crippen molar-refractivity contribution in [1.29, 1.82) is 0 Å². The summed E-state index contributed by atoms with van der Waals surface area (Å²) in [5.41, 5.74) is 0. The molecule has 1 aliphatic rings. The molecule has 19 heavy (non-hydrogen) atoms. The van der Waals surface area contributed by atoms with Gasteiger partial charge in [-0.2, -0.15) is 0 Å². The summed E-state index contributed by atoms with van der Waals surface area (Å²) in [7, 11) is 0. The molecule has 1 saturated carbocycles. The first-order chi connectivity index (χ1) is 9.38. The second-order valence-corrected chi connectivity index (χ2v) is 6.57. The third-order valence-corrected chi connectivity index (χ3v) is 4.83. The molecule has 0 aromatic rings. The van der Waals surface area contributed by atoms with E-state index in [1.165, 1.54) is 90.1 Å². The van der Waals surface area contributed by atoms with Crippen LogP contribution in [0.2, 0.25) is 0 Å². The maximum atomic E-state index is 3.65. The number of nitrogens with one attached hydrogen (secondary N) is 1. The minimum atomic E-state index is 0.982. The van der Waals surface area contributed by atoms with E-state index >= 15 is 0 Å². The van der Waals surface area contributed by atoms with E-state index in [9.17, 15) is 0 Å². The van der Waals surface area contributed by atoms with Gasteiger partial charge in [0.1, 0.15) is 0 Å². The molecule has 0 aromatic carbocycles. The normalized spacial score (nSPS) is 23.7. The predicted molar refractivity (Wildman–Crippen MR) is 86.6 cm³/mol. The van der Waals surface area contributed by atoms with Crippen LogP contribution in [0.5, 0.6) is 0 Å². The van der Waals surface area contributed by atoms with Crippen molar-refractivity contribution in [1.82, 2.24) is 5.32 Å². The van der Waals surface area contributed by atoms with Gasteiger partial charge in [-0.25, -0.2) is 0 Å². The summed E-state index contributed by atoms with van der Waals surface area (Å²) in [6, 6.07) is 0. The molecule has 0 amide bonds.